The lowest BCUT2D eigenvalue weighted by Crippen LogP contribution is -2.38. The van der Waals surface area contributed by atoms with E-state index in [-0.39, 0.29) is 16.2 Å². The molecule has 0 aromatic heterocycles. The summed E-state index contributed by atoms with van der Waals surface area (Å²) in [7, 11) is -3.54. The Hall–Kier alpha value is -1.89. The first-order chi connectivity index (χ1) is 8.79. The lowest BCUT2D eigenvalue weighted by molar-refractivity contribution is -0.138. The quantitative estimate of drug-likeness (QED) is 0.828. The van der Waals surface area contributed by atoms with Crippen molar-refractivity contribution in [2.24, 2.45) is 0 Å². The Morgan fingerprint density at radius 3 is 2.42 bits per heavy atom. The highest BCUT2D eigenvalue weighted by Crippen LogP contribution is 2.17. The molecule has 0 aliphatic carbocycles. The molecule has 0 unspecified atom stereocenters. The highest BCUT2D eigenvalue weighted by atomic mass is 32.2. The number of rotatable bonds is 5. The van der Waals surface area contributed by atoms with Crippen molar-refractivity contribution in [1.29, 1.82) is 0 Å². The molecule has 6 nitrogen and oxygen atoms in total. The fourth-order valence-corrected chi connectivity index (χ4v) is 2.51. The van der Waals surface area contributed by atoms with Gasteiger partial charge >= 0.3 is 5.97 Å². The van der Waals surface area contributed by atoms with Crippen molar-refractivity contribution in [3.8, 4) is 0 Å². The van der Waals surface area contributed by atoms with Gasteiger partial charge < -0.3 is 10.4 Å². The minimum atomic E-state index is -3.54. The van der Waals surface area contributed by atoms with Crippen LogP contribution in [-0.4, -0.2) is 37.2 Å². The number of carboxylic acid groups (broad SMARTS) is 1. The van der Waals surface area contributed by atoms with Crippen molar-refractivity contribution in [3.05, 3.63) is 29.8 Å². The lowest BCUT2D eigenvalue weighted by Gasteiger charge is -2.12. The van der Waals surface area contributed by atoms with Crippen molar-refractivity contribution in [3.63, 3.8) is 0 Å². The Morgan fingerprint density at radius 2 is 1.89 bits per heavy atom. The third-order valence-electron chi connectivity index (χ3n) is 2.56. The van der Waals surface area contributed by atoms with Gasteiger partial charge in [-0.25, -0.2) is 8.42 Å². The molecule has 0 spiro atoms. The van der Waals surface area contributed by atoms with Gasteiger partial charge in [0.05, 0.1) is 16.2 Å². The Kier molecular flexibility index (Phi) is 4.66. The van der Waals surface area contributed by atoms with Crippen LogP contribution in [-0.2, 0) is 14.6 Å². The summed E-state index contributed by atoms with van der Waals surface area (Å²) in [6.07, 6.45) is 0. The van der Waals surface area contributed by atoms with Crippen molar-refractivity contribution in [1.82, 2.24) is 5.32 Å². The molecular weight excluding hydrogens is 270 g/mol. The minimum absolute atomic E-state index is 0.0440. The summed E-state index contributed by atoms with van der Waals surface area (Å²) < 4.78 is 23.7. The zero-order valence-corrected chi connectivity index (χ0v) is 11.4. The summed E-state index contributed by atoms with van der Waals surface area (Å²) in [5, 5.41) is 10.9. The maximum atomic E-state index is 11.9. The first-order valence-corrected chi connectivity index (χ1v) is 7.30. The number of hydrogen-bond acceptors (Lipinski definition) is 4. The van der Waals surface area contributed by atoms with E-state index in [4.69, 9.17) is 5.11 Å². The molecule has 0 saturated carbocycles. The second kappa shape index (κ2) is 5.83. The van der Waals surface area contributed by atoms with Gasteiger partial charge in [-0.15, -0.1) is 0 Å². The van der Waals surface area contributed by atoms with Crippen LogP contribution in [0.4, 0.5) is 0 Å². The van der Waals surface area contributed by atoms with Crippen LogP contribution in [0.15, 0.2) is 29.2 Å². The van der Waals surface area contributed by atoms with Crippen LogP contribution in [0.3, 0.4) is 0 Å². The fourth-order valence-electron chi connectivity index (χ4n) is 1.42. The molecule has 2 N–H and O–H groups in total. The molecule has 1 aromatic rings. The van der Waals surface area contributed by atoms with Gasteiger partial charge in [0.1, 0.15) is 6.04 Å². The molecule has 104 valence electrons. The smallest absolute Gasteiger partial charge is 0.325 e. The van der Waals surface area contributed by atoms with Crippen LogP contribution in [0.25, 0.3) is 0 Å². The molecule has 0 radical (unpaired) electrons. The van der Waals surface area contributed by atoms with Crippen molar-refractivity contribution in [2.45, 2.75) is 24.8 Å². The van der Waals surface area contributed by atoms with Crippen LogP contribution in [0.2, 0.25) is 0 Å². The minimum Gasteiger partial charge on any atom is -0.480 e. The molecule has 0 saturated heterocycles. The van der Waals surface area contributed by atoms with Gasteiger partial charge in [0.2, 0.25) is 0 Å². The Bertz CT molecular complexity index is 594. The maximum Gasteiger partial charge on any atom is 0.325 e. The zero-order chi connectivity index (χ0) is 14.6. The summed E-state index contributed by atoms with van der Waals surface area (Å²) in [5.74, 6) is -2.04. The third kappa shape index (κ3) is 3.54. The van der Waals surface area contributed by atoms with Crippen LogP contribution < -0.4 is 5.32 Å². The van der Waals surface area contributed by atoms with E-state index in [0.717, 1.165) is 0 Å². The van der Waals surface area contributed by atoms with Crippen LogP contribution in [0.1, 0.15) is 24.2 Å². The summed E-state index contributed by atoms with van der Waals surface area (Å²) in [6, 6.07) is 4.63. The Morgan fingerprint density at radius 1 is 1.32 bits per heavy atom. The molecule has 7 heteroatoms. The fraction of sp³-hybridized carbons (Fsp3) is 0.333. The van der Waals surface area contributed by atoms with Crippen molar-refractivity contribution < 1.29 is 23.1 Å². The van der Waals surface area contributed by atoms with Crippen LogP contribution >= 0.6 is 0 Å². The average molecular weight is 285 g/mol. The molecule has 1 aromatic carbocycles. The molecule has 0 bridgehead atoms. The number of benzene rings is 1. The van der Waals surface area contributed by atoms with Crippen molar-refractivity contribution in [2.75, 3.05) is 5.75 Å². The zero-order valence-electron chi connectivity index (χ0n) is 10.6. The lowest BCUT2D eigenvalue weighted by atomic mass is 10.2. The van der Waals surface area contributed by atoms with Gasteiger partial charge in [0, 0.05) is 0 Å². The van der Waals surface area contributed by atoms with Gasteiger partial charge in [-0.2, -0.15) is 0 Å². The molecule has 1 amide bonds. The molecule has 0 aliphatic heterocycles. The number of aliphatic carboxylic acids is 1. The first-order valence-electron chi connectivity index (χ1n) is 5.65. The Labute approximate surface area is 111 Å². The maximum absolute atomic E-state index is 11.9. The SMILES string of the molecule is CCS(=O)(=O)c1ccccc1C(=O)N[C@@H](C)C(=O)O. The number of amides is 1. The summed E-state index contributed by atoms with van der Waals surface area (Å²) in [5.41, 5.74) is -0.0440. The van der Waals surface area contributed by atoms with Crippen LogP contribution in [0.5, 0.6) is 0 Å². The third-order valence-corrected chi connectivity index (χ3v) is 4.35. The van der Waals surface area contributed by atoms with E-state index in [0.29, 0.717) is 0 Å². The second-order valence-corrected chi connectivity index (χ2v) is 6.18. The first kappa shape index (κ1) is 15.2. The number of carbonyl (C=O) groups excluding carboxylic acids is 1. The number of carboxylic acids is 1. The highest BCUT2D eigenvalue weighted by molar-refractivity contribution is 7.91. The van der Waals surface area contributed by atoms with E-state index in [1.54, 1.807) is 0 Å². The molecule has 19 heavy (non-hydrogen) atoms. The van der Waals surface area contributed by atoms with Gasteiger partial charge in [-0.1, -0.05) is 19.1 Å². The molecule has 0 fully saturated rings. The van der Waals surface area contributed by atoms with Gasteiger partial charge in [0.25, 0.3) is 5.91 Å². The number of nitrogens with one attached hydrogen (secondary N) is 1. The largest absolute Gasteiger partial charge is 0.480 e. The van der Waals surface area contributed by atoms with Crippen molar-refractivity contribution >= 4 is 21.7 Å². The Balaban J connectivity index is 3.15. The van der Waals surface area contributed by atoms with Crippen LogP contribution in [0, 0.1) is 0 Å². The highest BCUT2D eigenvalue weighted by Gasteiger charge is 2.22. The summed E-state index contributed by atoms with van der Waals surface area (Å²) in [4.78, 5) is 22.5. The molecule has 1 atom stereocenters. The summed E-state index contributed by atoms with van der Waals surface area (Å²) in [6.45, 7) is 2.78. The predicted molar refractivity (Wildman–Crippen MR) is 68.7 cm³/mol. The van der Waals surface area contributed by atoms with E-state index in [9.17, 15) is 18.0 Å². The van der Waals surface area contributed by atoms with Gasteiger partial charge in [-0.05, 0) is 19.1 Å². The standard InChI is InChI=1S/C12H15NO5S/c1-3-19(17,18)10-7-5-4-6-9(10)11(14)13-8(2)12(15)16/h4-8H,3H2,1-2H3,(H,13,14)(H,15,16)/t8-/m0/s1. The number of carbonyl (C=O) groups is 2. The topological polar surface area (TPSA) is 101 Å². The molecule has 1 rings (SSSR count). The summed E-state index contributed by atoms with van der Waals surface area (Å²) >= 11 is 0. The molecule has 0 heterocycles. The van der Waals surface area contributed by atoms with E-state index in [2.05, 4.69) is 5.32 Å². The van der Waals surface area contributed by atoms with Gasteiger partial charge in [0.15, 0.2) is 9.84 Å². The van der Waals surface area contributed by atoms with E-state index in [1.165, 1.54) is 38.1 Å². The monoisotopic (exact) mass is 285 g/mol. The van der Waals surface area contributed by atoms with E-state index < -0.39 is 27.8 Å². The second-order valence-electron chi connectivity index (χ2n) is 3.93. The van der Waals surface area contributed by atoms with E-state index in [1.807, 2.05) is 0 Å². The normalized spacial score (nSPS) is 12.7. The number of hydrogen-bond donors (Lipinski definition) is 2. The van der Waals surface area contributed by atoms with E-state index >= 15 is 0 Å². The predicted octanol–water partition coefficient (Wildman–Crippen LogP) is 0.683. The average Bonchev–Trinajstić information content (AvgIpc) is 2.38. The number of sulfone groups is 1. The molecule has 0 aliphatic rings. The van der Waals surface area contributed by atoms with Gasteiger partial charge in [-0.3, -0.25) is 9.59 Å². The molecular formula is C12H15NO5S.